The van der Waals surface area contributed by atoms with Crippen molar-refractivity contribution in [3.63, 3.8) is 0 Å². The summed E-state index contributed by atoms with van der Waals surface area (Å²) in [5, 5.41) is 12.3. The van der Waals surface area contributed by atoms with Gasteiger partial charge in [-0.15, -0.1) is 0 Å². The van der Waals surface area contributed by atoms with Crippen molar-refractivity contribution in [3.8, 4) is 5.75 Å². The Kier molecular flexibility index (Phi) is 5.99. The lowest BCUT2D eigenvalue weighted by Crippen LogP contribution is -2.43. The molecule has 4 nitrogen and oxygen atoms in total. The third kappa shape index (κ3) is 4.70. The summed E-state index contributed by atoms with van der Waals surface area (Å²) >= 11 is 0. The molecule has 2 N–H and O–H groups in total. The maximum absolute atomic E-state index is 13.4. The lowest BCUT2D eigenvalue weighted by atomic mass is 9.95. The number of carbonyl (C=O) groups is 1. The van der Waals surface area contributed by atoms with E-state index in [1.54, 1.807) is 12.1 Å². The summed E-state index contributed by atoms with van der Waals surface area (Å²) in [5.41, 5.74) is 0. The van der Waals surface area contributed by atoms with Crippen molar-refractivity contribution in [1.82, 2.24) is 5.32 Å². The van der Waals surface area contributed by atoms with Crippen LogP contribution in [0.4, 0.5) is 4.39 Å². The second-order valence-corrected chi connectivity index (χ2v) is 5.47. The van der Waals surface area contributed by atoms with E-state index < -0.39 is 5.82 Å². The molecular formula is C16H22FNO3. The predicted molar refractivity (Wildman–Crippen MR) is 77.5 cm³/mol. The van der Waals surface area contributed by atoms with E-state index in [0.717, 1.165) is 32.1 Å². The number of nitrogens with one attached hydrogen (secondary N) is 1. The maximum atomic E-state index is 13.4. The minimum absolute atomic E-state index is 0.0192. The molecule has 2 rings (SSSR count). The molecule has 1 aliphatic carbocycles. The average molecular weight is 295 g/mol. The minimum atomic E-state index is -0.479. The van der Waals surface area contributed by atoms with Gasteiger partial charge in [0.2, 0.25) is 0 Å². The largest absolute Gasteiger partial charge is 0.481 e. The van der Waals surface area contributed by atoms with E-state index in [2.05, 4.69) is 5.32 Å². The van der Waals surface area contributed by atoms with Crippen LogP contribution in [0, 0.1) is 11.7 Å². The van der Waals surface area contributed by atoms with Gasteiger partial charge in [0.1, 0.15) is 0 Å². The Morgan fingerprint density at radius 1 is 1.29 bits per heavy atom. The Balaban J connectivity index is 1.84. The van der Waals surface area contributed by atoms with Crippen molar-refractivity contribution < 1.29 is 19.0 Å². The van der Waals surface area contributed by atoms with Gasteiger partial charge in [0, 0.05) is 18.6 Å². The van der Waals surface area contributed by atoms with Crippen LogP contribution >= 0.6 is 0 Å². The molecule has 2 atom stereocenters. The van der Waals surface area contributed by atoms with Gasteiger partial charge in [-0.05, 0) is 25.0 Å². The zero-order valence-corrected chi connectivity index (χ0v) is 12.1. The molecule has 0 aliphatic heterocycles. The zero-order valence-electron chi connectivity index (χ0n) is 12.1. The van der Waals surface area contributed by atoms with Crippen LogP contribution in [0.5, 0.6) is 5.75 Å². The summed E-state index contributed by atoms with van der Waals surface area (Å²) in [4.78, 5) is 11.9. The fourth-order valence-corrected chi connectivity index (χ4v) is 2.75. The zero-order chi connectivity index (χ0) is 15.1. The van der Waals surface area contributed by atoms with Crippen molar-refractivity contribution in [2.24, 2.45) is 5.92 Å². The smallest absolute Gasteiger partial charge is 0.258 e. The number of hydrogen-bond donors (Lipinski definition) is 2. The SMILES string of the molecule is O=C(COc1ccccc1F)NC1CCCCCC1CO. The topological polar surface area (TPSA) is 58.6 Å². The fraction of sp³-hybridized carbons (Fsp3) is 0.562. The van der Waals surface area contributed by atoms with Crippen LogP contribution in [0.3, 0.4) is 0 Å². The molecule has 21 heavy (non-hydrogen) atoms. The number of rotatable bonds is 5. The predicted octanol–water partition coefficient (Wildman–Crippen LogP) is 2.26. The Morgan fingerprint density at radius 2 is 2.05 bits per heavy atom. The fourth-order valence-electron chi connectivity index (χ4n) is 2.75. The number of amides is 1. The minimum Gasteiger partial charge on any atom is -0.481 e. The van der Waals surface area contributed by atoms with Crippen LogP contribution < -0.4 is 10.1 Å². The van der Waals surface area contributed by atoms with Crippen LogP contribution in [-0.4, -0.2) is 30.3 Å². The first kappa shape index (κ1) is 15.8. The third-order valence-electron chi connectivity index (χ3n) is 3.94. The van der Waals surface area contributed by atoms with Crippen molar-refractivity contribution in [3.05, 3.63) is 30.1 Å². The average Bonchev–Trinajstić information content (AvgIpc) is 2.71. The van der Waals surface area contributed by atoms with Crippen LogP contribution in [0.15, 0.2) is 24.3 Å². The van der Waals surface area contributed by atoms with Crippen LogP contribution in [0.1, 0.15) is 32.1 Å². The van der Waals surface area contributed by atoms with E-state index in [9.17, 15) is 14.3 Å². The summed E-state index contributed by atoms with van der Waals surface area (Å²) in [6.45, 7) is -0.130. The highest BCUT2D eigenvalue weighted by molar-refractivity contribution is 5.77. The van der Waals surface area contributed by atoms with Gasteiger partial charge in [-0.2, -0.15) is 0 Å². The number of ether oxygens (including phenoxy) is 1. The molecule has 1 fully saturated rings. The summed E-state index contributed by atoms with van der Waals surface area (Å²) in [6, 6.07) is 5.99. The van der Waals surface area contributed by atoms with Crippen molar-refractivity contribution in [1.29, 1.82) is 0 Å². The molecule has 0 bridgehead atoms. The molecule has 0 aromatic heterocycles. The molecule has 0 heterocycles. The highest BCUT2D eigenvalue weighted by Crippen LogP contribution is 2.23. The Morgan fingerprint density at radius 3 is 2.81 bits per heavy atom. The van der Waals surface area contributed by atoms with Gasteiger partial charge in [-0.25, -0.2) is 4.39 Å². The molecule has 1 amide bonds. The molecule has 0 spiro atoms. The molecular weight excluding hydrogens is 273 g/mol. The molecule has 0 saturated heterocycles. The Hall–Kier alpha value is -1.62. The number of carbonyl (C=O) groups excluding carboxylic acids is 1. The first-order chi connectivity index (χ1) is 10.2. The monoisotopic (exact) mass is 295 g/mol. The van der Waals surface area contributed by atoms with E-state index >= 15 is 0 Å². The second-order valence-electron chi connectivity index (χ2n) is 5.47. The van der Waals surface area contributed by atoms with Gasteiger partial charge in [0.25, 0.3) is 5.91 Å². The third-order valence-corrected chi connectivity index (χ3v) is 3.94. The number of aliphatic hydroxyl groups is 1. The van der Waals surface area contributed by atoms with Crippen LogP contribution in [0.2, 0.25) is 0 Å². The van der Waals surface area contributed by atoms with Gasteiger partial charge < -0.3 is 15.2 Å². The molecule has 5 heteroatoms. The van der Waals surface area contributed by atoms with Gasteiger partial charge in [0.15, 0.2) is 18.2 Å². The molecule has 1 aromatic carbocycles. The van der Waals surface area contributed by atoms with Crippen molar-refractivity contribution >= 4 is 5.91 Å². The molecule has 1 aromatic rings. The lowest BCUT2D eigenvalue weighted by molar-refractivity contribution is -0.124. The normalized spacial score (nSPS) is 22.4. The van der Waals surface area contributed by atoms with Crippen LogP contribution in [-0.2, 0) is 4.79 Å². The summed E-state index contributed by atoms with van der Waals surface area (Å²) in [5.74, 6) is -0.575. The highest BCUT2D eigenvalue weighted by atomic mass is 19.1. The molecule has 116 valence electrons. The second kappa shape index (κ2) is 7.98. The molecule has 1 aliphatic rings. The number of hydrogen-bond acceptors (Lipinski definition) is 3. The Bertz CT molecular complexity index is 467. The van der Waals surface area contributed by atoms with Crippen molar-refractivity contribution in [2.75, 3.05) is 13.2 Å². The van der Waals surface area contributed by atoms with E-state index in [0.29, 0.717) is 0 Å². The van der Waals surface area contributed by atoms with Gasteiger partial charge in [0.05, 0.1) is 0 Å². The van der Waals surface area contributed by atoms with Crippen molar-refractivity contribution in [2.45, 2.75) is 38.1 Å². The molecule has 0 radical (unpaired) electrons. The lowest BCUT2D eigenvalue weighted by Gasteiger charge is -2.24. The number of aliphatic hydroxyl groups excluding tert-OH is 1. The number of para-hydroxylation sites is 1. The molecule has 1 saturated carbocycles. The first-order valence-corrected chi connectivity index (χ1v) is 7.48. The van der Waals surface area contributed by atoms with E-state index in [1.165, 1.54) is 12.1 Å². The van der Waals surface area contributed by atoms with Crippen LogP contribution in [0.25, 0.3) is 0 Å². The summed E-state index contributed by atoms with van der Waals surface area (Å²) < 4.78 is 18.6. The summed E-state index contributed by atoms with van der Waals surface area (Å²) in [6.07, 6.45) is 5.07. The standard InChI is InChI=1S/C16H22FNO3/c17-13-7-4-5-9-15(13)21-11-16(20)18-14-8-3-1-2-6-12(14)10-19/h4-5,7,9,12,14,19H,1-3,6,8,10-11H2,(H,18,20). The molecule has 2 unspecified atom stereocenters. The first-order valence-electron chi connectivity index (χ1n) is 7.48. The summed E-state index contributed by atoms with van der Waals surface area (Å²) in [7, 11) is 0. The van der Waals surface area contributed by atoms with Gasteiger partial charge >= 0.3 is 0 Å². The number of halogens is 1. The van der Waals surface area contributed by atoms with E-state index in [1.807, 2.05) is 0 Å². The van der Waals surface area contributed by atoms with E-state index in [4.69, 9.17) is 4.74 Å². The van der Waals surface area contributed by atoms with Gasteiger partial charge in [-0.1, -0.05) is 31.4 Å². The number of benzene rings is 1. The maximum Gasteiger partial charge on any atom is 0.258 e. The van der Waals surface area contributed by atoms with Gasteiger partial charge in [-0.3, -0.25) is 4.79 Å². The van der Waals surface area contributed by atoms with E-state index in [-0.39, 0.29) is 36.8 Å². The quantitative estimate of drug-likeness (QED) is 0.819. The highest BCUT2D eigenvalue weighted by Gasteiger charge is 2.24. The Labute approximate surface area is 124 Å².